The first-order chi connectivity index (χ1) is 8.93. The van der Waals surface area contributed by atoms with Gasteiger partial charge in [0.2, 0.25) is 0 Å². The van der Waals surface area contributed by atoms with Crippen LogP contribution >= 0.6 is 15.9 Å². The smallest absolute Gasteiger partial charge is 0.306 e. The molecule has 0 saturated carbocycles. The van der Waals surface area contributed by atoms with Crippen molar-refractivity contribution in [2.45, 2.75) is 12.5 Å². The molecule has 0 aliphatic carbocycles. The molecule has 1 aromatic rings. The van der Waals surface area contributed by atoms with Gasteiger partial charge in [0, 0.05) is 24.2 Å². The van der Waals surface area contributed by atoms with E-state index in [1.165, 1.54) is 13.2 Å². The van der Waals surface area contributed by atoms with Gasteiger partial charge in [0.05, 0.1) is 17.4 Å². The standard InChI is InChI=1S/C11H13BrN2O5/c1-19-8(5-11(15)16)6-13-9-4-7(12)2-3-10(9)14(17)18/h2-4,8,13H,5-6H2,1H3,(H,15,16). The lowest BCUT2D eigenvalue weighted by Crippen LogP contribution is -2.25. The highest BCUT2D eigenvalue weighted by molar-refractivity contribution is 9.10. The van der Waals surface area contributed by atoms with Crippen molar-refractivity contribution < 1.29 is 19.6 Å². The molecule has 19 heavy (non-hydrogen) atoms. The van der Waals surface area contributed by atoms with Crippen molar-refractivity contribution in [1.82, 2.24) is 0 Å². The predicted molar refractivity (Wildman–Crippen MR) is 72.3 cm³/mol. The molecule has 0 saturated heterocycles. The molecule has 0 aromatic heterocycles. The van der Waals surface area contributed by atoms with E-state index in [9.17, 15) is 14.9 Å². The van der Waals surface area contributed by atoms with Gasteiger partial charge < -0.3 is 15.2 Å². The van der Waals surface area contributed by atoms with Crippen LogP contribution in [0.5, 0.6) is 0 Å². The lowest BCUT2D eigenvalue weighted by molar-refractivity contribution is -0.384. The Labute approximate surface area is 117 Å². The van der Waals surface area contributed by atoms with Gasteiger partial charge in [-0.1, -0.05) is 15.9 Å². The number of hydrogen-bond acceptors (Lipinski definition) is 5. The predicted octanol–water partition coefficient (Wildman–Crippen LogP) is 2.26. The number of nitrogens with one attached hydrogen (secondary N) is 1. The Kier molecular flexibility index (Phi) is 5.71. The summed E-state index contributed by atoms with van der Waals surface area (Å²) in [4.78, 5) is 20.9. The molecule has 0 aliphatic heterocycles. The third-order valence-electron chi connectivity index (χ3n) is 2.41. The molecule has 8 heteroatoms. The van der Waals surface area contributed by atoms with Crippen LogP contribution in [0.4, 0.5) is 11.4 Å². The number of nitro benzene ring substituents is 1. The number of benzene rings is 1. The molecule has 0 aliphatic rings. The van der Waals surface area contributed by atoms with Gasteiger partial charge in [-0.25, -0.2) is 0 Å². The molecule has 2 N–H and O–H groups in total. The molecule has 104 valence electrons. The summed E-state index contributed by atoms with van der Waals surface area (Å²) in [6.07, 6.45) is -0.734. The fourth-order valence-electron chi connectivity index (χ4n) is 1.47. The van der Waals surface area contributed by atoms with Crippen LogP contribution in [-0.2, 0) is 9.53 Å². The minimum Gasteiger partial charge on any atom is -0.481 e. The average molecular weight is 333 g/mol. The summed E-state index contributed by atoms with van der Waals surface area (Å²) in [6, 6.07) is 4.49. The Balaban J connectivity index is 2.78. The maximum atomic E-state index is 10.8. The number of ether oxygens (including phenoxy) is 1. The Morgan fingerprint density at radius 2 is 2.32 bits per heavy atom. The molecule has 7 nitrogen and oxygen atoms in total. The number of nitrogens with zero attached hydrogens (tertiary/aromatic N) is 1. The number of anilines is 1. The van der Waals surface area contributed by atoms with E-state index in [1.54, 1.807) is 12.1 Å². The fourth-order valence-corrected chi connectivity index (χ4v) is 1.83. The monoisotopic (exact) mass is 332 g/mol. The maximum absolute atomic E-state index is 10.8. The van der Waals surface area contributed by atoms with Crippen molar-refractivity contribution in [2.24, 2.45) is 0 Å². The van der Waals surface area contributed by atoms with Crippen LogP contribution in [-0.4, -0.2) is 35.8 Å². The zero-order valence-corrected chi connectivity index (χ0v) is 11.7. The highest BCUT2D eigenvalue weighted by Crippen LogP contribution is 2.27. The molecule has 0 heterocycles. The van der Waals surface area contributed by atoms with Gasteiger partial charge in [0.1, 0.15) is 5.69 Å². The minimum absolute atomic E-state index is 0.0756. The largest absolute Gasteiger partial charge is 0.481 e. The summed E-state index contributed by atoms with van der Waals surface area (Å²) in [6.45, 7) is 0.167. The molecule has 0 amide bonds. The first kappa shape index (κ1) is 15.4. The minimum atomic E-state index is -0.989. The van der Waals surface area contributed by atoms with Crippen LogP contribution in [0.3, 0.4) is 0 Å². The number of rotatable bonds is 7. The number of nitro groups is 1. The van der Waals surface area contributed by atoms with Crippen LogP contribution < -0.4 is 5.32 Å². The van der Waals surface area contributed by atoms with Gasteiger partial charge in [0.15, 0.2) is 0 Å². The molecule has 0 bridgehead atoms. The quantitative estimate of drug-likeness (QED) is 0.586. The maximum Gasteiger partial charge on any atom is 0.306 e. The molecule has 1 aromatic carbocycles. The number of halogens is 1. The number of hydrogen-bond donors (Lipinski definition) is 2. The molecule has 0 spiro atoms. The van der Waals surface area contributed by atoms with E-state index < -0.39 is 17.0 Å². The number of aliphatic carboxylic acids is 1. The van der Waals surface area contributed by atoms with Gasteiger partial charge in [-0.3, -0.25) is 14.9 Å². The van der Waals surface area contributed by atoms with E-state index in [0.717, 1.165) is 0 Å². The second-order valence-corrected chi connectivity index (χ2v) is 4.67. The van der Waals surface area contributed by atoms with Crippen molar-refractivity contribution in [2.75, 3.05) is 19.0 Å². The van der Waals surface area contributed by atoms with Crippen molar-refractivity contribution in [1.29, 1.82) is 0 Å². The van der Waals surface area contributed by atoms with Crippen LogP contribution in [0.15, 0.2) is 22.7 Å². The topological polar surface area (TPSA) is 102 Å². The van der Waals surface area contributed by atoms with E-state index >= 15 is 0 Å². The molecular weight excluding hydrogens is 320 g/mol. The number of carboxylic acids is 1. The second kappa shape index (κ2) is 7.05. The fraction of sp³-hybridized carbons (Fsp3) is 0.364. The first-order valence-electron chi connectivity index (χ1n) is 5.36. The molecule has 0 radical (unpaired) electrons. The van der Waals surface area contributed by atoms with Gasteiger partial charge in [-0.2, -0.15) is 0 Å². The third kappa shape index (κ3) is 4.84. The normalized spacial score (nSPS) is 11.9. The van der Waals surface area contributed by atoms with E-state index in [1.807, 2.05) is 0 Å². The Hall–Kier alpha value is -1.67. The van der Waals surface area contributed by atoms with E-state index in [-0.39, 0.29) is 18.7 Å². The lowest BCUT2D eigenvalue weighted by atomic mass is 10.2. The van der Waals surface area contributed by atoms with Crippen LogP contribution in [0, 0.1) is 10.1 Å². The summed E-state index contributed by atoms with van der Waals surface area (Å²) in [7, 11) is 1.39. The lowest BCUT2D eigenvalue weighted by Gasteiger charge is -2.15. The van der Waals surface area contributed by atoms with Crippen molar-refractivity contribution in [3.8, 4) is 0 Å². The third-order valence-corrected chi connectivity index (χ3v) is 2.90. The molecular formula is C11H13BrN2O5. The van der Waals surface area contributed by atoms with Crippen molar-refractivity contribution >= 4 is 33.3 Å². The van der Waals surface area contributed by atoms with E-state index in [4.69, 9.17) is 9.84 Å². The van der Waals surface area contributed by atoms with Crippen molar-refractivity contribution in [3.63, 3.8) is 0 Å². The number of carboxylic acid groups (broad SMARTS) is 1. The van der Waals surface area contributed by atoms with Crippen LogP contribution in [0.2, 0.25) is 0 Å². The highest BCUT2D eigenvalue weighted by atomic mass is 79.9. The number of carbonyl (C=O) groups is 1. The second-order valence-electron chi connectivity index (χ2n) is 3.76. The average Bonchev–Trinajstić information content (AvgIpc) is 2.33. The summed E-state index contributed by atoms with van der Waals surface area (Å²) in [5, 5.41) is 22.4. The summed E-state index contributed by atoms with van der Waals surface area (Å²) in [5.41, 5.74) is 0.236. The zero-order chi connectivity index (χ0) is 14.4. The Morgan fingerprint density at radius 3 is 2.84 bits per heavy atom. The van der Waals surface area contributed by atoms with Crippen LogP contribution in [0.1, 0.15) is 6.42 Å². The van der Waals surface area contributed by atoms with Crippen molar-refractivity contribution in [3.05, 3.63) is 32.8 Å². The van der Waals surface area contributed by atoms with Gasteiger partial charge in [-0.05, 0) is 12.1 Å². The molecule has 1 rings (SSSR count). The molecule has 0 fully saturated rings. The SMILES string of the molecule is COC(CNc1cc(Br)ccc1[N+](=O)[O-])CC(=O)O. The summed E-state index contributed by atoms with van der Waals surface area (Å²) < 4.78 is 5.68. The van der Waals surface area contributed by atoms with Gasteiger partial charge in [-0.15, -0.1) is 0 Å². The van der Waals surface area contributed by atoms with Gasteiger partial charge >= 0.3 is 5.97 Å². The van der Waals surface area contributed by atoms with E-state index in [0.29, 0.717) is 10.2 Å². The highest BCUT2D eigenvalue weighted by Gasteiger charge is 2.17. The summed E-state index contributed by atoms with van der Waals surface area (Å²) in [5.74, 6) is -0.989. The summed E-state index contributed by atoms with van der Waals surface area (Å²) >= 11 is 3.22. The van der Waals surface area contributed by atoms with Crippen LogP contribution in [0.25, 0.3) is 0 Å². The first-order valence-corrected chi connectivity index (χ1v) is 6.15. The zero-order valence-electron chi connectivity index (χ0n) is 10.1. The molecule has 1 unspecified atom stereocenters. The van der Waals surface area contributed by atoms with E-state index in [2.05, 4.69) is 21.2 Å². The Bertz CT molecular complexity index is 480. The number of methoxy groups -OCH3 is 1. The van der Waals surface area contributed by atoms with Gasteiger partial charge in [0.25, 0.3) is 5.69 Å². The Morgan fingerprint density at radius 1 is 1.63 bits per heavy atom. The molecule has 1 atom stereocenters.